The van der Waals surface area contributed by atoms with Crippen LogP contribution in [0.4, 0.5) is 0 Å². The Balaban J connectivity index is 1.46. The summed E-state index contributed by atoms with van der Waals surface area (Å²) in [6.45, 7) is 3.66. The lowest BCUT2D eigenvalue weighted by Crippen LogP contribution is -2.42. The van der Waals surface area contributed by atoms with Gasteiger partial charge in [-0.05, 0) is 38.8 Å². The highest BCUT2D eigenvalue weighted by atomic mass is 16.5. The molecule has 1 aromatic rings. The summed E-state index contributed by atoms with van der Waals surface area (Å²) in [5.41, 5.74) is 5.49. The number of aromatic nitrogens is 2. The van der Waals surface area contributed by atoms with Crippen molar-refractivity contribution in [3.05, 3.63) is 11.7 Å². The topological polar surface area (TPSA) is 77.4 Å². The van der Waals surface area contributed by atoms with E-state index in [1.54, 1.807) is 0 Å². The van der Waals surface area contributed by atoms with E-state index < -0.39 is 0 Å². The van der Waals surface area contributed by atoms with Gasteiger partial charge in [0.25, 0.3) is 0 Å². The number of fused-ring (bicyclic) bond motifs is 1. The molecule has 21 heavy (non-hydrogen) atoms. The maximum atomic E-state index is 5.91. The van der Waals surface area contributed by atoms with E-state index in [0.717, 1.165) is 50.7 Å². The second kappa shape index (κ2) is 7.33. The van der Waals surface area contributed by atoms with Gasteiger partial charge in [0.05, 0.1) is 6.61 Å². The summed E-state index contributed by atoms with van der Waals surface area (Å²) < 4.78 is 11.3. The molecule has 0 bridgehead atoms. The molecule has 1 aromatic heterocycles. The number of hydrogen-bond acceptors (Lipinski definition) is 6. The molecule has 0 aromatic carbocycles. The largest absolute Gasteiger partial charge is 0.367 e. The molecule has 0 saturated carbocycles. The van der Waals surface area contributed by atoms with Crippen LogP contribution < -0.4 is 5.73 Å². The molecule has 2 aliphatic heterocycles. The Morgan fingerprint density at radius 3 is 3.05 bits per heavy atom. The summed E-state index contributed by atoms with van der Waals surface area (Å²) in [4.78, 5) is 7.01. The van der Waals surface area contributed by atoms with Crippen molar-refractivity contribution in [2.24, 2.45) is 5.73 Å². The van der Waals surface area contributed by atoms with Crippen molar-refractivity contribution in [3.63, 3.8) is 0 Å². The maximum Gasteiger partial charge on any atom is 0.226 e. The highest BCUT2D eigenvalue weighted by Crippen LogP contribution is 2.28. The third-order valence-corrected chi connectivity index (χ3v) is 4.51. The van der Waals surface area contributed by atoms with Crippen molar-refractivity contribution >= 4 is 0 Å². The van der Waals surface area contributed by atoms with Gasteiger partial charge in [-0.3, -0.25) is 4.90 Å². The van der Waals surface area contributed by atoms with Gasteiger partial charge in [0.2, 0.25) is 11.7 Å². The van der Waals surface area contributed by atoms with Crippen molar-refractivity contribution < 1.29 is 9.26 Å². The van der Waals surface area contributed by atoms with E-state index in [9.17, 15) is 0 Å². The van der Waals surface area contributed by atoms with E-state index in [1.807, 2.05) is 0 Å². The first-order valence-corrected chi connectivity index (χ1v) is 8.25. The molecule has 0 spiro atoms. The molecule has 0 amide bonds. The minimum Gasteiger partial charge on any atom is -0.367 e. The summed E-state index contributed by atoms with van der Waals surface area (Å²) in [7, 11) is 0. The Bertz CT molecular complexity index is 437. The second-order valence-corrected chi connectivity index (χ2v) is 6.11. The number of morpholine rings is 1. The Hall–Kier alpha value is -0.980. The molecule has 2 N–H and O–H groups in total. The molecule has 2 atom stereocenters. The fourth-order valence-corrected chi connectivity index (χ4v) is 3.25. The zero-order valence-electron chi connectivity index (χ0n) is 12.7. The van der Waals surface area contributed by atoms with Crippen molar-refractivity contribution in [3.8, 4) is 0 Å². The first-order valence-electron chi connectivity index (χ1n) is 8.25. The molecule has 118 valence electrons. The number of ether oxygens (including phenoxy) is 1. The third kappa shape index (κ3) is 3.81. The zero-order chi connectivity index (χ0) is 14.5. The summed E-state index contributed by atoms with van der Waals surface area (Å²) in [6.07, 6.45) is 7.91. The Labute approximate surface area is 126 Å². The van der Waals surface area contributed by atoms with Gasteiger partial charge in [-0.1, -0.05) is 18.0 Å². The van der Waals surface area contributed by atoms with Crippen LogP contribution in [0.3, 0.4) is 0 Å². The number of rotatable bonds is 7. The summed E-state index contributed by atoms with van der Waals surface area (Å²) >= 11 is 0. The molecule has 6 heteroatoms. The van der Waals surface area contributed by atoms with Gasteiger partial charge in [0, 0.05) is 19.0 Å². The number of aryl methyl sites for hydroxylation is 1. The van der Waals surface area contributed by atoms with Crippen LogP contribution in [0.1, 0.15) is 56.3 Å². The highest BCUT2D eigenvalue weighted by molar-refractivity contribution is 4.97. The average Bonchev–Trinajstić information content (AvgIpc) is 3.15. The van der Waals surface area contributed by atoms with Gasteiger partial charge in [0.1, 0.15) is 6.10 Å². The van der Waals surface area contributed by atoms with E-state index in [4.69, 9.17) is 15.0 Å². The van der Waals surface area contributed by atoms with Crippen LogP contribution >= 0.6 is 0 Å². The molecule has 3 heterocycles. The van der Waals surface area contributed by atoms with Crippen LogP contribution in [0.5, 0.6) is 0 Å². The van der Waals surface area contributed by atoms with Gasteiger partial charge in [-0.15, -0.1) is 0 Å². The molecule has 2 fully saturated rings. The second-order valence-electron chi connectivity index (χ2n) is 6.11. The standard InChI is InChI=1S/C15H26N4O2/c16-8-4-2-1-3-7-14-17-15(18-21-14)13-10-19-9-5-6-12(19)11-20-13/h12-13H,1-11,16H2. The fraction of sp³-hybridized carbons (Fsp3) is 0.867. The third-order valence-electron chi connectivity index (χ3n) is 4.51. The number of hydrogen-bond donors (Lipinski definition) is 1. The summed E-state index contributed by atoms with van der Waals surface area (Å²) in [5.74, 6) is 1.46. The highest BCUT2D eigenvalue weighted by Gasteiger charge is 2.34. The minimum atomic E-state index is -0.0194. The molecule has 3 rings (SSSR count). The van der Waals surface area contributed by atoms with Crippen LogP contribution in [-0.2, 0) is 11.2 Å². The predicted octanol–water partition coefficient (Wildman–Crippen LogP) is 1.67. The first kappa shape index (κ1) is 14.9. The molecular weight excluding hydrogens is 268 g/mol. The zero-order valence-corrected chi connectivity index (χ0v) is 12.7. The van der Waals surface area contributed by atoms with E-state index in [0.29, 0.717) is 6.04 Å². The predicted molar refractivity (Wildman–Crippen MR) is 78.8 cm³/mol. The van der Waals surface area contributed by atoms with E-state index in [2.05, 4.69) is 15.0 Å². The molecule has 0 aliphatic carbocycles. The van der Waals surface area contributed by atoms with Gasteiger partial charge in [-0.2, -0.15) is 4.98 Å². The quantitative estimate of drug-likeness (QED) is 0.771. The summed E-state index contributed by atoms with van der Waals surface area (Å²) in [5, 5.41) is 4.11. The van der Waals surface area contributed by atoms with E-state index in [1.165, 1.54) is 32.2 Å². The van der Waals surface area contributed by atoms with Crippen LogP contribution in [-0.4, -0.2) is 47.3 Å². The smallest absolute Gasteiger partial charge is 0.226 e. The Morgan fingerprint density at radius 2 is 2.14 bits per heavy atom. The lowest BCUT2D eigenvalue weighted by atomic mass is 10.1. The maximum absolute atomic E-state index is 5.91. The van der Waals surface area contributed by atoms with Crippen molar-refractivity contribution in [1.29, 1.82) is 0 Å². The van der Waals surface area contributed by atoms with Crippen LogP contribution in [0.25, 0.3) is 0 Å². The Kier molecular flexibility index (Phi) is 5.22. The van der Waals surface area contributed by atoms with Crippen molar-refractivity contribution in [2.45, 2.75) is 57.1 Å². The van der Waals surface area contributed by atoms with E-state index >= 15 is 0 Å². The normalized spacial score (nSPS) is 26.1. The van der Waals surface area contributed by atoms with Gasteiger partial charge >= 0.3 is 0 Å². The lowest BCUT2D eigenvalue weighted by Gasteiger charge is -2.33. The fourth-order valence-electron chi connectivity index (χ4n) is 3.25. The van der Waals surface area contributed by atoms with Gasteiger partial charge in [-0.25, -0.2) is 0 Å². The number of unbranched alkanes of at least 4 members (excludes halogenated alkanes) is 3. The van der Waals surface area contributed by atoms with Crippen LogP contribution in [0.15, 0.2) is 4.52 Å². The van der Waals surface area contributed by atoms with E-state index in [-0.39, 0.29) is 6.10 Å². The van der Waals surface area contributed by atoms with Crippen LogP contribution in [0.2, 0.25) is 0 Å². The van der Waals surface area contributed by atoms with Gasteiger partial charge in [0.15, 0.2) is 0 Å². The Morgan fingerprint density at radius 1 is 1.24 bits per heavy atom. The number of nitrogens with zero attached hydrogens (tertiary/aromatic N) is 3. The SMILES string of the molecule is NCCCCCCc1nc(C2CN3CCCC3CO2)no1. The average molecular weight is 294 g/mol. The monoisotopic (exact) mass is 294 g/mol. The molecule has 6 nitrogen and oxygen atoms in total. The van der Waals surface area contributed by atoms with Crippen molar-refractivity contribution in [2.75, 3.05) is 26.2 Å². The minimum absolute atomic E-state index is 0.0194. The van der Waals surface area contributed by atoms with Gasteiger partial charge < -0.3 is 15.0 Å². The van der Waals surface area contributed by atoms with Crippen LogP contribution in [0, 0.1) is 0 Å². The molecule has 2 unspecified atom stereocenters. The van der Waals surface area contributed by atoms with Crippen molar-refractivity contribution in [1.82, 2.24) is 15.0 Å². The molecule has 2 saturated heterocycles. The molecular formula is C15H26N4O2. The lowest BCUT2D eigenvalue weighted by molar-refractivity contribution is -0.0548. The number of nitrogens with two attached hydrogens (primary N) is 1. The molecule has 2 aliphatic rings. The molecule has 0 radical (unpaired) electrons. The summed E-state index contributed by atoms with van der Waals surface area (Å²) in [6, 6.07) is 0.607. The first-order chi connectivity index (χ1) is 10.4.